The van der Waals surface area contributed by atoms with Gasteiger partial charge in [-0.1, -0.05) is 55.9 Å². The SMILES string of the molecule is CCC/C=C1/C=C([Si](C)(C)C)CCCC1. The zero-order valence-electron chi connectivity index (χ0n) is 10.9. The van der Waals surface area contributed by atoms with Crippen LogP contribution in [0.25, 0.3) is 0 Å². The van der Waals surface area contributed by atoms with Crippen molar-refractivity contribution in [2.75, 3.05) is 0 Å². The number of unbranched alkanes of at least 4 members (excludes halogenated alkanes) is 1. The quantitative estimate of drug-likeness (QED) is 0.583. The first-order valence-electron chi connectivity index (χ1n) is 6.44. The summed E-state index contributed by atoms with van der Waals surface area (Å²) in [4.78, 5) is 0. The van der Waals surface area contributed by atoms with Gasteiger partial charge in [0.25, 0.3) is 0 Å². The van der Waals surface area contributed by atoms with Crippen molar-refractivity contribution >= 4 is 8.07 Å². The molecule has 1 aliphatic carbocycles. The summed E-state index contributed by atoms with van der Waals surface area (Å²) in [6, 6.07) is 0. The second-order valence-electron chi connectivity index (χ2n) is 5.69. The fourth-order valence-corrected chi connectivity index (χ4v) is 3.64. The average molecular weight is 222 g/mol. The van der Waals surface area contributed by atoms with Crippen molar-refractivity contribution in [3.8, 4) is 0 Å². The Bertz CT molecular complexity index is 253. The van der Waals surface area contributed by atoms with Gasteiger partial charge in [0.15, 0.2) is 0 Å². The van der Waals surface area contributed by atoms with E-state index < -0.39 is 8.07 Å². The van der Waals surface area contributed by atoms with Crippen LogP contribution >= 0.6 is 0 Å². The fourth-order valence-electron chi connectivity index (χ4n) is 2.09. The molecule has 0 radical (unpaired) electrons. The molecule has 15 heavy (non-hydrogen) atoms. The monoisotopic (exact) mass is 222 g/mol. The van der Waals surface area contributed by atoms with E-state index in [1.807, 2.05) is 0 Å². The molecule has 0 saturated heterocycles. The van der Waals surface area contributed by atoms with E-state index in [1.165, 1.54) is 38.5 Å². The number of hydrogen-bond donors (Lipinski definition) is 0. The van der Waals surface area contributed by atoms with Crippen molar-refractivity contribution in [1.82, 2.24) is 0 Å². The van der Waals surface area contributed by atoms with E-state index in [0.29, 0.717) is 0 Å². The fraction of sp³-hybridized carbons (Fsp3) is 0.714. The van der Waals surface area contributed by atoms with Crippen LogP contribution in [0.3, 0.4) is 0 Å². The Kier molecular flexibility index (Phi) is 4.84. The smallest absolute Gasteiger partial charge is 0.0724 e. The van der Waals surface area contributed by atoms with Crippen LogP contribution in [0, 0.1) is 0 Å². The lowest BCUT2D eigenvalue weighted by molar-refractivity contribution is 0.756. The topological polar surface area (TPSA) is 0 Å². The molecule has 1 aliphatic rings. The largest absolute Gasteiger partial charge is 0.0813 e. The van der Waals surface area contributed by atoms with E-state index >= 15 is 0 Å². The molecule has 0 saturated carbocycles. The summed E-state index contributed by atoms with van der Waals surface area (Å²) in [6.45, 7) is 9.68. The molecule has 1 heteroatoms. The maximum Gasteiger partial charge on any atom is 0.0724 e. The molecule has 0 N–H and O–H groups in total. The zero-order chi connectivity index (χ0) is 11.3. The van der Waals surface area contributed by atoms with Crippen LogP contribution in [0.15, 0.2) is 22.9 Å². The van der Waals surface area contributed by atoms with Gasteiger partial charge in [-0.3, -0.25) is 0 Å². The molecule has 0 aliphatic heterocycles. The summed E-state index contributed by atoms with van der Waals surface area (Å²) in [5.74, 6) is 0. The Labute approximate surface area is 96.5 Å². The third-order valence-electron chi connectivity index (χ3n) is 3.18. The van der Waals surface area contributed by atoms with E-state index in [2.05, 4.69) is 38.7 Å². The normalized spacial score (nSPS) is 21.3. The van der Waals surface area contributed by atoms with Crippen LogP contribution < -0.4 is 0 Å². The molecule has 0 aromatic carbocycles. The van der Waals surface area contributed by atoms with Gasteiger partial charge >= 0.3 is 0 Å². The number of allylic oxidation sites excluding steroid dienone is 4. The van der Waals surface area contributed by atoms with Gasteiger partial charge in [-0.05, 0) is 32.1 Å². The van der Waals surface area contributed by atoms with Crippen molar-refractivity contribution in [2.45, 2.75) is 65.1 Å². The van der Waals surface area contributed by atoms with Crippen molar-refractivity contribution in [3.05, 3.63) is 22.9 Å². The van der Waals surface area contributed by atoms with Gasteiger partial charge in [0, 0.05) is 0 Å². The van der Waals surface area contributed by atoms with Crippen molar-refractivity contribution in [2.24, 2.45) is 0 Å². The Morgan fingerprint density at radius 3 is 2.47 bits per heavy atom. The van der Waals surface area contributed by atoms with Crippen LogP contribution in [-0.2, 0) is 0 Å². The summed E-state index contributed by atoms with van der Waals surface area (Å²) in [7, 11) is -1.05. The summed E-state index contributed by atoms with van der Waals surface area (Å²) >= 11 is 0. The standard InChI is InChI=1S/C14H26Si/c1-5-6-9-13-10-7-8-11-14(12-13)15(2,3)4/h9,12H,5-8,10-11H2,1-4H3/b13-9+. The van der Waals surface area contributed by atoms with Crippen molar-refractivity contribution < 1.29 is 0 Å². The van der Waals surface area contributed by atoms with E-state index in [4.69, 9.17) is 0 Å². The molecular weight excluding hydrogens is 196 g/mol. The molecule has 0 unspecified atom stereocenters. The molecule has 0 heterocycles. The average Bonchev–Trinajstić information content (AvgIpc) is 2.38. The minimum absolute atomic E-state index is 1.05. The molecule has 0 aromatic heterocycles. The minimum Gasteiger partial charge on any atom is -0.0813 e. The highest BCUT2D eigenvalue weighted by Gasteiger charge is 2.20. The van der Waals surface area contributed by atoms with E-state index in [0.717, 1.165) is 0 Å². The molecular formula is C14H26Si. The van der Waals surface area contributed by atoms with Gasteiger partial charge in [-0.15, -0.1) is 0 Å². The zero-order valence-corrected chi connectivity index (χ0v) is 11.9. The maximum atomic E-state index is 2.54. The molecule has 0 bridgehead atoms. The maximum absolute atomic E-state index is 2.54. The Hall–Kier alpha value is -0.303. The molecule has 0 nitrogen and oxygen atoms in total. The van der Waals surface area contributed by atoms with Crippen LogP contribution in [-0.4, -0.2) is 8.07 Å². The van der Waals surface area contributed by atoms with Crippen LogP contribution in [0.5, 0.6) is 0 Å². The van der Waals surface area contributed by atoms with Crippen LogP contribution in [0.1, 0.15) is 45.4 Å². The first-order chi connectivity index (χ1) is 7.04. The lowest BCUT2D eigenvalue weighted by Gasteiger charge is -2.20. The van der Waals surface area contributed by atoms with E-state index in [-0.39, 0.29) is 0 Å². The Morgan fingerprint density at radius 1 is 1.20 bits per heavy atom. The van der Waals surface area contributed by atoms with Gasteiger partial charge in [0.2, 0.25) is 0 Å². The summed E-state index contributed by atoms with van der Waals surface area (Å²) in [5.41, 5.74) is 1.62. The summed E-state index contributed by atoms with van der Waals surface area (Å²) in [6.07, 6.45) is 13.0. The van der Waals surface area contributed by atoms with Gasteiger partial charge in [0.05, 0.1) is 8.07 Å². The molecule has 86 valence electrons. The third kappa shape index (κ3) is 4.37. The van der Waals surface area contributed by atoms with E-state index in [1.54, 1.807) is 10.8 Å². The summed E-state index contributed by atoms with van der Waals surface area (Å²) < 4.78 is 0. The minimum atomic E-state index is -1.05. The van der Waals surface area contributed by atoms with Crippen molar-refractivity contribution in [3.63, 3.8) is 0 Å². The van der Waals surface area contributed by atoms with Gasteiger partial charge in [-0.2, -0.15) is 0 Å². The molecule has 0 amide bonds. The lowest BCUT2D eigenvalue weighted by Crippen LogP contribution is -2.23. The molecule has 0 spiro atoms. The lowest BCUT2D eigenvalue weighted by atomic mass is 10.1. The first-order valence-corrected chi connectivity index (χ1v) is 9.94. The third-order valence-corrected chi connectivity index (χ3v) is 5.50. The summed E-state index contributed by atoms with van der Waals surface area (Å²) in [5, 5.41) is 1.78. The molecule has 0 fully saturated rings. The predicted molar refractivity (Wildman–Crippen MR) is 72.9 cm³/mol. The van der Waals surface area contributed by atoms with E-state index in [9.17, 15) is 0 Å². The Morgan fingerprint density at radius 2 is 1.87 bits per heavy atom. The predicted octanol–water partition coefficient (Wildman–Crippen LogP) is 5.09. The number of rotatable bonds is 3. The van der Waals surface area contributed by atoms with Crippen LogP contribution in [0.4, 0.5) is 0 Å². The highest BCUT2D eigenvalue weighted by atomic mass is 28.3. The highest BCUT2D eigenvalue weighted by molar-refractivity contribution is 6.83. The molecule has 0 atom stereocenters. The number of hydrogen-bond acceptors (Lipinski definition) is 0. The molecule has 1 rings (SSSR count). The molecule has 0 aromatic rings. The second-order valence-corrected chi connectivity index (χ2v) is 10.8. The first kappa shape index (κ1) is 12.8. The second kappa shape index (κ2) is 5.69. The Balaban J connectivity index is 2.80. The van der Waals surface area contributed by atoms with Crippen LogP contribution in [0.2, 0.25) is 19.6 Å². The van der Waals surface area contributed by atoms with Gasteiger partial charge < -0.3 is 0 Å². The van der Waals surface area contributed by atoms with Crippen molar-refractivity contribution in [1.29, 1.82) is 0 Å². The highest BCUT2D eigenvalue weighted by Crippen LogP contribution is 2.28. The van der Waals surface area contributed by atoms with Gasteiger partial charge in [0.1, 0.15) is 0 Å². The van der Waals surface area contributed by atoms with Gasteiger partial charge in [-0.25, -0.2) is 0 Å².